The lowest BCUT2D eigenvalue weighted by molar-refractivity contribution is 0.0934. The van der Waals surface area contributed by atoms with Crippen molar-refractivity contribution < 1.29 is 27.4 Å². The Bertz CT molecular complexity index is 1010. The smallest absolute Gasteiger partial charge is 0.269 e. The van der Waals surface area contributed by atoms with E-state index in [0.717, 1.165) is 0 Å². The second-order valence-electron chi connectivity index (χ2n) is 6.59. The van der Waals surface area contributed by atoms with Gasteiger partial charge in [0.1, 0.15) is 0 Å². The molecule has 2 aromatic rings. The van der Waals surface area contributed by atoms with E-state index in [4.69, 9.17) is 16.3 Å². The van der Waals surface area contributed by atoms with Crippen molar-refractivity contribution in [2.24, 2.45) is 0 Å². The molecule has 1 saturated heterocycles. The van der Waals surface area contributed by atoms with Crippen LogP contribution in [-0.2, 0) is 21.4 Å². The minimum absolute atomic E-state index is 0.176. The van der Waals surface area contributed by atoms with Gasteiger partial charge in [0.15, 0.2) is 5.82 Å². The number of aliphatic hydroxyl groups is 1. The molecule has 0 aliphatic carbocycles. The number of hydrogen-bond donors (Lipinski definition) is 3. The Morgan fingerprint density at radius 1 is 1.21 bits per heavy atom. The van der Waals surface area contributed by atoms with Gasteiger partial charge in [-0.3, -0.25) is 10.2 Å². The zero-order chi connectivity index (χ0) is 21.0. The summed E-state index contributed by atoms with van der Waals surface area (Å²) in [4.78, 5) is 14.5. The fourth-order valence-electron chi connectivity index (χ4n) is 3.02. The van der Waals surface area contributed by atoms with Crippen LogP contribution in [0.15, 0.2) is 36.4 Å². The zero-order valence-corrected chi connectivity index (χ0v) is 16.9. The van der Waals surface area contributed by atoms with Gasteiger partial charge >= 0.3 is 0 Å². The van der Waals surface area contributed by atoms with Gasteiger partial charge in [0, 0.05) is 13.2 Å². The number of rotatable bonds is 6. The lowest BCUT2D eigenvalue weighted by atomic mass is 10.0. The number of hydrogen-bond acceptors (Lipinski definition) is 5. The molecule has 1 fully saturated rings. The highest BCUT2D eigenvalue weighted by atomic mass is 35.5. The topological polar surface area (TPSA) is 105 Å². The van der Waals surface area contributed by atoms with Crippen molar-refractivity contribution in [1.29, 1.82) is 0 Å². The quantitative estimate of drug-likeness (QED) is 0.596. The molecule has 3 N–H and O–H groups in total. The molecule has 0 atom stereocenters. The number of sulfonamides is 1. The van der Waals surface area contributed by atoms with Crippen molar-refractivity contribution in [1.82, 2.24) is 10.3 Å². The highest BCUT2D eigenvalue weighted by molar-refractivity contribution is 7.90. The van der Waals surface area contributed by atoms with Crippen LogP contribution >= 0.6 is 11.6 Å². The third-order valence-electron chi connectivity index (χ3n) is 4.63. The summed E-state index contributed by atoms with van der Waals surface area (Å²) in [5.41, 5.74) is 3.35. The Morgan fingerprint density at radius 3 is 2.62 bits per heavy atom. The first-order valence-corrected chi connectivity index (χ1v) is 10.8. The minimum atomic E-state index is -3.83. The summed E-state index contributed by atoms with van der Waals surface area (Å²) in [6.45, 7) is 0.460. The van der Waals surface area contributed by atoms with Crippen LogP contribution < -0.4 is 10.3 Å². The van der Waals surface area contributed by atoms with Gasteiger partial charge in [0.25, 0.3) is 5.91 Å². The summed E-state index contributed by atoms with van der Waals surface area (Å²) < 4.78 is 44.2. The molecular formula is C19H20ClFN2O5S. The molecule has 0 saturated carbocycles. The molecule has 10 heteroatoms. The fourth-order valence-corrected chi connectivity index (χ4v) is 4.46. The maximum atomic E-state index is 14.4. The summed E-state index contributed by atoms with van der Waals surface area (Å²) in [5, 5.41) is 8.30. The van der Waals surface area contributed by atoms with E-state index in [0.29, 0.717) is 42.7 Å². The molecule has 1 heterocycles. The van der Waals surface area contributed by atoms with Gasteiger partial charge < -0.3 is 9.84 Å². The molecular weight excluding hydrogens is 423 g/mol. The van der Waals surface area contributed by atoms with Gasteiger partial charge in [0.05, 0.1) is 22.4 Å². The van der Waals surface area contributed by atoms with Crippen molar-refractivity contribution in [3.8, 4) is 11.1 Å². The van der Waals surface area contributed by atoms with E-state index in [1.165, 1.54) is 12.1 Å². The molecule has 1 aliphatic heterocycles. The van der Waals surface area contributed by atoms with E-state index >= 15 is 0 Å². The number of aliphatic hydroxyl groups excluding tert-OH is 1. The SMILES string of the molecule is O=C(NNS(=O)(=O)C1CCOCC1)c1cc(-c2cccc(CO)c2)cc(Cl)c1F. The number of amides is 1. The standard InChI is InChI=1S/C19H20ClFN2O5S/c20-17-10-14(13-3-1-2-12(8-13)11-24)9-16(18(17)21)19(25)22-23-29(26,27)15-4-6-28-7-5-15/h1-3,8-10,15,23-24H,4-7,11H2,(H,22,25). The Balaban J connectivity index is 1.82. The number of ether oxygens (including phenoxy) is 1. The number of carbonyl (C=O) groups is 1. The third-order valence-corrected chi connectivity index (χ3v) is 6.64. The van der Waals surface area contributed by atoms with Crippen LogP contribution in [0.25, 0.3) is 11.1 Å². The summed E-state index contributed by atoms with van der Waals surface area (Å²) in [6.07, 6.45) is 0.615. The summed E-state index contributed by atoms with van der Waals surface area (Å²) in [6, 6.07) is 9.46. The van der Waals surface area contributed by atoms with Crippen LogP contribution in [0.5, 0.6) is 0 Å². The van der Waals surface area contributed by atoms with E-state index in [1.54, 1.807) is 24.3 Å². The number of benzene rings is 2. The van der Waals surface area contributed by atoms with E-state index < -0.39 is 32.6 Å². The maximum Gasteiger partial charge on any atom is 0.269 e. The van der Waals surface area contributed by atoms with Crippen molar-refractivity contribution in [3.63, 3.8) is 0 Å². The molecule has 2 aromatic carbocycles. The first kappa shape index (κ1) is 21.7. The van der Waals surface area contributed by atoms with Crippen molar-refractivity contribution >= 4 is 27.5 Å². The van der Waals surface area contributed by atoms with Crippen LogP contribution in [0, 0.1) is 5.82 Å². The van der Waals surface area contributed by atoms with Gasteiger partial charge in [-0.25, -0.2) is 12.8 Å². The summed E-state index contributed by atoms with van der Waals surface area (Å²) in [7, 11) is -3.83. The second-order valence-corrected chi connectivity index (χ2v) is 8.96. The minimum Gasteiger partial charge on any atom is -0.392 e. The average Bonchev–Trinajstić information content (AvgIpc) is 2.74. The third kappa shape index (κ3) is 5.12. The van der Waals surface area contributed by atoms with Gasteiger partial charge in [-0.2, -0.15) is 0 Å². The summed E-state index contributed by atoms with van der Waals surface area (Å²) >= 11 is 5.94. The number of carbonyl (C=O) groups excluding carboxylic acids is 1. The van der Waals surface area contributed by atoms with Crippen LogP contribution in [0.3, 0.4) is 0 Å². The van der Waals surface area contributed by atoms with E-state index in [9.17, 15) is 22.7 Å². The molecule has 29 heavy (non-hydrogen) atoms. The Labute approximate surface area is 172 Å². The molecule has 156 valence electrons. The van der Waals surface area contributed by atoms with E-state index in [2.05, 4.69) is 0 Å². The Kier molecular flexibility index (Phi) is 6.86. The highest BCUT2D eigenvalue weighted by Crippen LogP contribution is 2.28. The van der Waals surface area contributed by atoms with Crippen molar-refractivity contribution in [3.05, 3.63) is 58.4 Å². The molecule has 1 amide bonds. The van der Waals surface area contributed by atoms with Gasteiger partial charge in [-0.1, -0.05) is 29.8 Å². The fraction of sp³-hybridized carbons (Fsp3) is 0.316. The lowest BCUT2D eigenvalue weighted by Crippen LogP contribution is -2.47. The zero-order valence-electron chi connectivity index (χ0n) is 15.3. The molecule has 0 aromatic heterocycles. The van der Waals surface area contributed by atoms with Gasteiger partial charge in [-0.05, 0) is 47.7 Å². The Morgan fingerprint density at radius 2 is 1.93 bits per heavy atom. The largest absolute Gasteiger partial charge is 0.392 e. The normalized spacial score (nSPS) is 15.3. The molecule has 0 unspecified atom stereocenters. The lowest BCUT2D eigenvalue weighted by Gasteiger charge is -2.22. The molecule has 3 rings (SSSR count). The average molecular weight is 443 g/mol. The molecule has 0 spiro atoms. The molecule has 0 bridgehead atoms. The predicted octanol–water partition coefficient (Wildman–Crippen LogP) is 2.38. The molecule has 7 nitrogen and oxygen atoms in total. The first-order valence-electron chi connectivity index (χ1n) is 8.89. The van der Waals surface area contributed by atoms with Crippen molar-refractivity contribution in [2.75, 3.05) is 13.2 Å². The molecule has 0 radical (unpaired) electrons. The summed E-state index contributed by atoms with van der Waals surface area (Å²) in [5.74, 6) is -1.93. The maximum absolute atomic E-state index is 14.4. The Hall–Kier alpha value is -2.04. The van der Waals surface area contributed by atoms with Crippen LogP contribution in [0.4, 0.5) is 4.39 Å². The van der Waals surface area contributed by atoms with E-state index in [-0.39, 0.29) is 11.6 Å². The van der Waals surface area contributed by atoms with Crippen LogP contribution in [0.2, 0.25) is 5.02 Å². The van der Waals surface area contributed by atoms with Crippen LogP contribution in [-0.4, -0.2) is 37.9 Å². The number of hydrazine groups is 1. The monoisotopic (exact) mass is 442 g/mol. The van der Waals surface area contributed by atoms with Crippen LogP contribution in [0.1, 0.15) is 28.8 Å². The van der Waals surface area contributed by atoms with E-state index in [1.807, 2.05) is 10.3 Å². The van der Waals surface area contributed by atoms with Gasteiger partial charge in [0.2, 0.25) is 10.0 Å². The molecule has 1 aliphatic rings. The first-order chi connectivity index (χ1) is 13.8. The number of nitrogens with one attached hydrogen (secondary N) is 2. The van der Waals surface area contributed by atoms with Gasteiger partial charge in [-0.15, -0.1) is 4.83 Å². The predicted molar refractivity (Wildman–Crippen MR) is 106 cm³/mol. The highest BCUT2D eigenvalue weighted by Gasteiger charge is 2.28. The second kappa shape index (κ2) is 9.19. The van der Waals surface area contributed by atoms with Crippen molar-refractivity contribution in [2.45, 2.75) is 24.7 Å². The number of halogens is 2.